The summed E-state index contributed by atoms with van der Waals surface area (Å²) in [5.74, 6) is -2.55. The Labute approximate surface area is 165 Å². The topological polar surface area (TPSA) is 99.0 Å². The number of hydrogen-bond donors (Lipinski definition) is 1. The average molecular weight is 419 g/mol. The highest BCUT2D eigenvalue weighted by Crippen LogP contribution is 2.20. The van der Waals surface area contributed by atoms with E-state index in [2.05, 4.69) is 9.55 Å². The average Bonchev–Trinajstić information content (AvgIpc) is 3.13. The number of imidazole rings is 1. The maximum atomic E-state index is 12.2. The highest BCUT2D eigenvalue weighted by molar-refractivity contribution is 5.78. The highest BCUT2D eigenvalue weighted by atomic mass is 19.4. The second-order valence-electron chi connectivity index (χ2n) is 7.01. The van der Waals surface area contributed by atoms with Gasteiger partial charge in [-0.25, -0.2) is 14.6 Å². The van der Waals surface area contributed by atoms with Crippen LogP contribution in [0.15, 0.2) is 6.33 Å². The molecule has 3 amide bonds. The van der Waals surface area contributed by atoms with Gasteiger partial charge >= 0.3 is 18.2 Å². The number of halogens is 3. The van der Waals surface area contributed by atoms with Crippen LogP contribution in [-0.2, 0) is 29.2 Å². The van der Waals surface area contributed by atoms with Gasteiger partial charge in [-0.2, -0.15) is 13.2 Å². The first kappa shape index (κ1) is 22.5. The molecule has 2 aliphatic rings. The van der Waals surface area contributed by atoms with Crippen molar-refractivity contribution >= 4 is 17.9 Å². The number of carboxylic acid groups (broad SMARTS) is 1. The maximum Gasteiger partial charge on any atom is 0.490 e. The van der Waals surface area contributed by atoms with E-state index in [1.54, 1.807) is 19.0 Å². The Kier molecular flexibility index (Phi) is 7.09. The Morgan fingerprint density at radius 2 is 1.86 bits per heavy atom. The van der Waals surface area contributed by atoms with Gasteiger partial charge in [0.1, 0.15) is 0 Å². The number of nitrogens with zero attached hydrogens (tertiary/aromatic N) is 5. The van der Waals surface area contributed by atoms with Crippen LogP contribution in [0.5, 0.6) is 0 Å². The number of urea groups is 1. The molecule has 0 atom stereocenters. The Hall–Kier alpha value is -2.79. The molecule has 162 valence electrons. The van der Waals surface area contributed by atoms with Crippen LogP contribution in [0.2, 0.25) is 0 Å². The molecule has 0 saturated carbocycles. The van der Waals surface area contributed by atoms with Gasteiger partial charge in [0.15, 0.2) is 0 Å². The lowest BCUT2D eigenvalue weighted by atomic mass is 10.3. The summed E-state index contributed by atoms with van der Waals surface area (Å²) >= 11 is 0. The third kappa shape index (κ3) is 5.84. The molecule has 1 aromatic heterocycles. The minimum absolute atomic E-state index is 0.0258. The van der Waals surface area contributed by atoms with E-state index in [9.17, 15) is 22.8 Å². The highest BCUT2D eigenvalue weighted by Gasteiger charge is 2.38. The number of carbonyl (C=O) groups is 3. The summed E-state index contributed by atoms with van der Waals surface area (Å²) in [7, 11) is 3.54. The van der Waals surface area contributed by atoms with Crippen LogP contribution < -0.4 is 0 Å². The summed E-state index contributed by atoms with van der Waals surface area (Å²) in [6.45, 7) is 3.55. The van der Waals surface area contributed by atoms with E-state index < -0.39 is 12.1 Å². The molecule has 3 heterocycles. The molecule has 0 spiro atoms. The van der Waals surface area contributed by atoms with E-state index in [4.69, 9.17) is 9.90 Å². The lowest BCUT2D eigenvalue weighted by molar-refractivity contribution is -0.192. The number of amides is 3. The first-order chi connectivity index (χ1) is 13.5. The molecule has 1 aromatic rings. The lowest BCUT2D eigenvalue weighted by Gasteiger charge is -2.25. The van der Waals surface area contributed by atoms with Crippen molar-refractivity contribution in [1.82, 2.24) is 24.3 Å². The molecule has 29 heavy (non-hydrogen) atoms. The van der Waals surface area contributed by atoms with Crippen molar-refractivity contribution in [2.24, 2.45) is 0 Å². The second-order valence-corrected chi connectivity index (χ2v) is 7.01. The summed E-state index contributed by atoms with van der Waals surface area (Å²) in [6, 6.07) is 0.0258. The molecule has 1 saturated heterocycles. The summed E-state index contributed by atoms with van der Waals surface area (Å²) in [6.07, 6.45) is -0.749. The predicted octanol–water partition coefficient (Wildman–Crippen LogP) is 1.53. The molecule has 0 bridgehead atoms. The van der Waals surface area contributed by atoms with Crippen molar-refractivity contribution in [3.05, 3.63) is 17.7 Å². The SMILES string of the molecule is CN(C)C(=O)N1CCCn2cnc(CN3CCCC3=O)c2C1.O=C(O)C(F)(F)F. The van der Waals surface area contributed by atoms with Crippen LogP contribution in [0.25, 0.3) is 0 Å². The van der Waals surface area contributed by atoms with E-state index in [0.29, 0.717) is 19.5 Å². The lowest BCUT2D eigenvalue weighted by Crippen LogP contribution is -2.39. The molecule has 0 aromatic carbocycles. The summed E-state index contributed by atoms with van der Waals surface area (Å²) in [5, 5.41) is 7.12. The van der Waals surface area contributed by atoms with Crippen LogP contribution in [0.4, 0.5) is 18.0 Å². The quantitative estimate of drug-likeness (QED) is 0.784. The number of likely N-dealkylation sites (tertiary alicyclic amines) is 1. The van der Waals surface area contributed by atoms with Crippen LogP contribution in [0.3, 0.4) is 0 Å². The molecule has 2 aliphatic heterocycles. The number of fused-ring (bicyclic) bond motifs is 1. The first-order valence-corrected chi connectivity index (χ1v) is 9.07. The maximum absolute atomic E-state index is 12.2. The van der Waals surface area contributed by atoms with Gasteiger partial charge in [0.2, 0.25) is 5.91 Å². The van der Waals surface area contributed by atoms with Crippen LogP contribution in [0, 0.1) is 0 Å². The fraction of sp³-hybridized carbons (Fsp3) is 0.647. The molecule has 1 N–H and O–H groups in total. The van der Waals surface area contributed by atoms with Crippen molar-refractivity contribution in [2.75, 3.05) is 27.2 Å². The second kappa shape index (κ2) is 9.14. The van der Waals surface area contributed by atoms with Gasteiger partial charge < -0.3 is 24.4 Å². The minimum Gasteiger partial charge on any atom is -0.475 e. The van der Waals surface area contributed by atoms with Gasteiger partial charge in [-0.3, -0.25) is 4.79 Å². The van der Waals surface area contributed by atoms with E-state index in [0.717, 1.165) is 43.9 Å². The van der Waals surface area contributed by atoms with Crippen molar-refractivity contribution in [1.29, 1.82) is 0 Å². The predicted molar refractivity (Wildman–Crippen MR) is 94.7 cm³/mol. The minimum atomic E-state index is -5.08. The first-order valence-electron chi connectivity index (χ1n) is 9.07. The molecule has 3 rings (SSSR count). The summed E-state index contributed by atoms with van der Waals surface area (Å²) < 4.78 is 33.9. The smallest absolute Gasteiger partial charge is 0.475 e. The number of carbonyl (C=O) groups excluding carboxylic acids is 2. The van der Waals surface area contributed by atoms with E-state index in [1.165, 1.54) is 0 Å². The number of aliphatic carboxylic acids is 1. The Balaban J connectivity index is 0.000000370. The molecule has 12 heteroatoms. The number of hydrogen-bond acceptors (Lipinski definition) is 4. The fourth-order valence-electron chi connectivity index (χ4n) is 3.15. The third-order valence-corrected chi connectivity index (χ3v) is 4.61. The molecular formula is C17H24F3N5O4. The number of carboxylic acids is 1. The van der Waals surface area contributed by atoms with Crippen LogP contribution in [0.1, 0.15) is 30.7 Å². The summed E-state index contributed by atoms with van der Waals surface area (Å²) in [4.78, 5) is 42.8. The number of aryl methyl sites for hydroxylation is 1. The molecule has 0 unspecified atom stereocenters. The monoisotopic (exact) mass is 419 g/mol. The van der Waals surface area contributed by atoms with Crippen molar-refractivity contribution in [2.45, 2.75) is 45.1 Å². The summed E-state index contributed by atoms with van der Waals surface area (Å²) in [5.41, 5.74) is 1.99. The van der Waals surface area contributed by atoms with E-state index >= 15 is 0 Å². The van der Waals surface area contributed by atoms with E-state index in [1.807, 2.05) is 16.1 Å². The Morgan fingerprint density at radius 3 is 2.38 bits per heavy atom. The molecule has 0 aliphatic carbocycles. The zero-order chi connectivity index (χ0) is 21.8. The van der Waals surface area contributed by atoms with Crippen molar-refractivity contribution in [3.63, 3.8) is 0 Å². The third-order valence-electron chi connectivity index (χ3n) is 4.61. The van der Waals surface area contributed by atoms with Gasteiger partial charge in [-0.1, -0.05) is 0 Å². The molecule has 0 radical (unpaired) electrons. The van der Waals surface area contributed by atoms with Gasteiger partial charge in [0.05, 0.1) is 30.8 Å². The van der Waals surface area contributed by atoms with Crippen LogP contribution in [-0.4, -0.2) is 80.6 Å². The standard InChI is InChI=1S/C15H23N5O2.C2HF3O2/c1-17(2)15(22)19-7-4-8-20-11-16-12(13(20)10-19)9-18-6-3-5-14(18)21;3-2(4,5)1(6)7/h11H,3-10H2,1-2H3;(H,6,7). The Morgan fingerprint density at radius 1 is 1.21 bits per heavy atom. The number of alkyl halides is 3. The van der Waals surface area contributed by atoms with Gasteiger partial charge in [-0.05, 0) is 12.8 Å². The van der Waals surface area contributed by atoms with Gasteiger partial charge in [0.25, 0.3) is 0 Å². The number of rotatable bonds is 2. The largest absolute Gasteiger partial charge is 0.490 e. The van der Waals surface area contributed by atoms with Crippen molar-refractivity contribution < 1.29 is 32.7 Å². The van der Waals surface area contributed by atoms with Gasteiger partial charge in [0, 0.05) is 40.2 Å². The Bertz CT molecular complexity index is 763. The normalized spacial score (nSPS) is 16.7. The fourth-order valence-corrected chi connectivity index (χ4v) is 3.15. The van der Waals surface area contributed by atoms with Gasteiger partial charge in [-0.15, -0.1) is 0 Å². The molecular weight excluding hydrogens is 395 g/mol. The van der Waals surface area contributed by atoms with Crippen molar-refractivity contribution in [3.8, 4) is 0 Å². The van der Waals surface area contributed by atoms with E-state index in [-0.39, 0.29) is 11.9 Å². The number of aromatic nitrogens is 2. The molecule has 1 fully saturated rings. The zero-order valence-electron chi connectivity index (χ0n) is 16.3. The molecule has 9 nitrogen and oxygen atoms in total. The van der Waals surface area contributed by atoms with Crippen LogP contribution >= 0.6 is 0 Å². The zero-order valence-corrected chi connectivity index (χ0v) is 16.3.